The molecule has 19 heavy (non-hydrogen) atoms. The van der Waals surface area contributed by atoms with Crippen molar-refractivity contribution in [1.82, 2.24) is 15.0 Å². The molecule has 0 spiro atoms. The zero-order valence-electron chi connectivity index (χ0n) is 9.95. The minimum atomic E-state index is -0.554. The molecule has 0 aliphatic heterocycles. The van der Waals surface area contributed by atoms with Gasteiger partial charge in [0.2, 0.25) is 0 Å². The fraction of sp³-hybridized carbons (Fsp3) is 0. The van der Waals surface area contributed by atoms with Crippen molar-refractivity contribution in [3.63, 3.8) is 0 Å². The summed E-state index contributed by atoms with van der Waals surface area (Å²) in [6.45, 7) is 0. The second-order valence-corrected chi connectivity index (χ2v) is 4.10. The van der Waals surface area contributed by atoms with E-state index in [2.05, 4.69) is 10.3 Å². The number of aromatic nitrogens is 3. The number of hydrogen-bond donors (Lipinski definition) is 2. The van der Waals surface area contributed by atoms with Crippen LogP contribution < -0.4 is 11.5 Å². The quantitative estimate of drug-likeness (QED) is 0.668. The molecule has 1 aromatic heterocycles. The minimum Gasteiger partial charge on any atom is -0.397 e. The third-order valence-electron chi connectivity index (χ3n) is 2.90. The molecule has 0 saturated carbocycles. The van der Waals surface area contributed by atoms with E-state index in [4.69, 9.17) is 11.5 Å². The maximum atomic E-state index is 11.5. The number of rotatable bonds is 2. The Hall–Kier alpha value is -2.89. The predicted molar refractivity (Wildman–Crippen MR) is 71.8 cm³/mol. The first-order chi connectivity index (χ1) is 9.18. The Bertz CT molecular complexity index is 778. The van der Waals surface area contributed by atoms with Gasteiger partial charge in [0.15, 0.2) is 0 Å². The second kappa shape index (κ2) is 4.09. The normalized spacial score (nSPS) is 10.7. The van der Waals surface area contributed by atoms with Gasteiger partial charge in [-0.25, -0.2) is 4.68 Å². The zero-order valence-corrected chi connectivity index (χ0v) is 9.95. The summed E-state index contributed by atoms with van der Waals surface area (Å²) in [5.74, 6) is -0.554. The number of nitrogen functional groups attached to an aromatic ring is 1. The predicted octanol–water partition coefficient (Wildman–Crippen LogP) is 1.10. The van der Waals surface area contributed by atoms with Gasteiger partial charge in [-0.05, 0) is 24.3 Å². The molecule has 0 fully saturated rings. The summed E-state index contributed by atoms with van der Waals surface area (Å²) in [4.78, 5) is 11.5. The van der Waals surface area contributed by atoms with Gasteiger partial charge in [-0.1, -0.05) is 23.4 Å². The first-order valence-corrected chi connectivity index (χ1v) is 5.67. The highest BCUT2D eigenvalue weighted by molar-refractivity contribution is 5.99. The first-order valence-electron chi connectivity index (χ1n) is 5.67. The van der Waals surface area contributed by atoms with Crippen molar-refractivity contribution in [2.24, 2.45) is 5.73 Å². The van der Waals surface area contributed by atoms with Gasteiger partial charge in [-0.2, -0.15) is 0 Å². The fourth-order valence-corrected chi connectivity index (χ4v) is 2.03. The van der Waals surface area contributed by atoms with E-state index in [0.29, 0.717) is 16.9 Å². The van der Waals surface area contributed by atoms with Crippen LogP contribution in [-0.2, 0) is 0 Å². The maximum absolute atomic E-state index is 11.5. The number of primary amides is 1. The van der Waals surface area contributed by atoms with Crippen LogP contribution in [0.25, 0.3) is 16.7 Å². The number of amides is 1. The van der Waals surface area contributed by atoms with Crippen molar-refractivity contribution in [2.45, 2.75) is 0 Å². The van der Waals surface area contributed by atoms with E-state index in [1.165, 1.54) is 4.68 Å². The molecule has 0 saturated heterocycles. The number of fused-ring (bicyclic) bond motifs is 1. The number of nitrogens with two attached hydrogens (primary N) is 2. The van der Waals surface area contributed by atoms with Crippen LogP contribution in [0.15, 0.2) is 42.5 Å². The lowest BCUT2D eigenvalue weighted by atomic mass is 10.1. The minimum absolute atomic E-state index is 0.315. The van der Waals surface area contributed by atoms with Crippen LogP contribution in [0, 0.1) is 0 Å². The lowest BCUT2D eigenvalue weighted by Crippen LogP contribution is -2.16. The van der Waals surface area contributed by atoms with E-state index in [1.54, 1.807) is 18.2 Å². The third kappa shape index (κ3) is 1.70. The number of carbonyl (C=O) groups is 1. The Morgan fingerprint density at radius 1 is 1.11 bits per heavy atom. The van der Waals surface area contributed by atoms with E-state index >= 15 is 0 Å². The molecule has 0 radical (unpaired) electrons. The summed E-state index contributed by atoms with van der Waals surface area (Å²) in [6, 6.07) is 12.4. The van der Waals surface area contributed by atoms with Crippen molar-refractivity contribution < 1.29 is 4.79 Å². The molecule has 1 amide bonds. The average molecular weight is 253 g/mol. The Morgan fingerprint density at radius 3 is 2.68 bits per heavy atom. The second-order valence-electron chi connectivity index (χ2n) is 4.10. The monoisotopic (exact) mass is 253 g/mol. The summed E-state index contributed by atoms with van der Waals surface area (Å²) in [5, 5.41) is 8.09. The Morgan fingerprint density at radius 2 is 1.89 bits per heavy atom. The van der Waals surface area contributed by atoms with Gasteiger partial charge < -0.3 is 11.5 Å². The molecule has 6 nitrogen and oxygen atoms in total. The van der Waals surface area contributed by atoms with Crippen LogP contribution in [0.4, 0.5) is 5.69 Å². The molecular formula is C13H11N5O. The Labute approximate surface area is 108 Å². The van der Waals surface area contributed by atoms with Gasteiger partial charge >= 0.3 is 0 Å². The highest BCUT2D eigenvalue weighted by Crippen LogP contribution is 2.24. The lowest BCUT2D eigenvalue weighted by molar-refractivity contribution is 0.1000. The zero-order chi connectivity index (χ0) is 13.4. The molecule has 3 aromatic rings. The Balaban J connectivity index is 2.36. The molecule has 3 rings (SSSR count). The number of nitrogens with zero attached hydrogens (tertiary/aromatic N) is 3. The van der Waals surface area contributed by atoms with Gasteiger partial charge in [-0.3, -0.25) is 4.79 Å². The molecule has 94 valence electrons. The van der Waals surface area contributed by atoms with Crippen molar-refractivity contribution >= 4 is 22.6 Å². The Kier molecular flexibility index (Phi) is 2.42. The van der Waals surface area contributed by atoms with Crippen LogP contribution in [-0.4, -0.2) is 20.9 Å². The molecule has 0 unspecified atom stereocenters. The van der Waals surface area contributed by atoms with Gasteiger partial charge in [0.05, 0.1) is 16.8 Å². The number of hydrogen-bond acceptors (Lipinski definition) is 4. The molecule has 0 bridgehead atoms. The highest BCUT2D eigenvalue weighted by atomic mass is 16.1. The molecule has 0 atom stereocenters. The molecule has 0 aliphatic rings. The highest BCUT2D eigenvalue weighted by Gasteiger charge is 2.16. The lowest BCUT2D eigenvalue weighted by Gasteiger charge is -2.10. The number of anilines is 1. The number of para-hydroxylation sites is 2. The van der Waals surface area contributed by atoms with Gasteiger partial charge in [0, 0.05) is 0 Å². The van der Waals surface area contributed by atoms with Gasteiger partial charge in [-0.15, -0.1) is 5.10 Å². The van der Waals surface area contributed by atoms with Crippen LogP contribution in [0.5, 0.6) is 0 Å². The van der Waals surface area contributed by atoms with E-state index in [-0.39, 0.29) is 0 Å². The third-order valence-corrected chi connectivity index (χ3v) is 2.90. The summed E-state index contributed by atoms with van der Waals surface area (Å²) >= 11 is 0. The smallest absolute Gasteiger partial charge is 0.250 e. The fourth-order valence-electron chi connectivity index (χ4n) is 2.03. The van der Waals surface area contributed by atoms with E-state index in [0.717, 1.165) is 11.0 Å². The van der Waals surface area contributed by atoms with E-state index in [1.807, 2.05) is 24.3 Å². The number of benzene rings is 2. The van der Waals surface area contributed by atoms with Crippen molar-refractivity contribution in [3.8, 4) is 5.69 Å². The molecular weight excluding hydrogens is 242 g/mol. The summed E-state index contributed by atoms with van der Waals surface area (Å²) in [5.41, 5.74) is 14.0. The van der Waals surface area contributed by atoms with Crippen molar-refractivity contribution in [2.75, 3.05) is 5.73 Å². The summed E-state index contributed by atoms with van der Waals surface area (Å²) in [7, 11) is 0. The standard InChI is InChI=1S/C13H11N5O/c14-9-5-3-4-8(13(15)19)12(9)18-11-7-2-1-6-10(11)16-17-18/h1-7H,14H2,(H2,15,19). The molecule has 0 aliphatic carbocycles. The SMILES string of the molecule is NC(=O)c1cccc(N)c1-n1nnc2ccccc21. The summed E-state index contributed by atoms with van der Waals surface area (Å²) in [6.07, 6.45) is 0. The van der Waals surface area contributed by atoms with Gasteiger partial charge in [0.1, 0.15) is 11.2 Å². The van der Waals surface area contributed by atoms with E-state index in [9.17, 15) is 4.79 Å². The maximum Gasteiger partial charge on any atom is 0.250 e. The molecule has 1 heterocycles. The van der Waals surface area contributed by atoms with Gasteiger partial charge in [0.25, 0.3) is 5.91 Å². The van der Waals surface area contributed by atoms with Crippen LogP contribution >= 0.6 is 0 Å². The van der Waals surface area contributed by atoms with Crippen LogP contribution in [0.3, 0.4) is 0 Å². The molecule has 4 N–H and O–H groups in total. The number of carbonyl (C=O) groups excluding carboxylic acids is 1. The van der Waals surface area contributed by atoms with E-state index < -0.39 is 5.91 Å². The first kappa shape index (κ1) is 11.2. The topological polar surface area (TPSA) is 99.8 Å². The van der Waals surface area contributed by atoms with Crippen molar-refractivity contribution in [1.29, 1.82) is 0 Å². The van der Waals surface area contributed by atoms with Crippen LogP contribution in [0.1, 0.15) is 10.4 Å². The molecule has 2 aromatic carbocycles. The molecule has 6 heteroatoms. The average Bonchev–Trinajstić information content (AvgIpc) is 2.82. The van der Waals surface area contributed by atoms with Crippen LogP contribution in [0.2, 0.25) is 0 Å². The largest absolute Gasteiger partial charge is 0.397 e. The van der Waals surface area contributed by atoms with Crippen molar-refractivity contribution in [3.05, 3.63) is 48.0 Å². The summed E-state index contributed by atoms with van der Waals surface area (Å²) < 4.78 is 1.53.